The van der Waals surface area contributed by atoms with Gasteiger partial charge in [0.05, 0.1) is 29.8 Å². The smallest absolute Gasteiger partial charge is 0.200 e. The summed E-state index contributed by atoms with van der Waals surface area (Å²) in [5.74, 6) is 1.67. The molecule has 0 fully saturated rings. The molecule has 21 heavy (non-hydrogen) atoms. The highest BCUT2D eigenvalue weighted by Crippen LogP contribution is 2.36. The Morgan fingerprint density at radius 3 is 2.48 bits per heavy atom. The van der Waals surface area contributed by atoms with Crippen molar-refractivity contribution in [3.8, 4) is 5.75 Å². The molecule has 0 bridgehead atoms. The fourth-order valence-corrected chi connectivity index (χ4v) is 3.18. The van der Waals surface area contributed by atoms with E-state index in [1.54, 1.807) is 0 Å². The second kappa shape index (κ2) is 8.42. The normalized spacial score (nSPS) is 17.4. The average molecular weight is 353 g/mol. The third-order valence-electron chi connectivity index (χ3n) is 3.61. The molecule has 2 heterocycles. The molecule has 1 aliphatic rings. The van der Waals surface area contributed by atoms with Crippen molar-refractivity contribution in [3.05, 3.63) is 22.5 Å². The summed E-state index contributed by atoms with van der Waals surface area (Å²) in [5, 5.41) is 0. The largest absolute Gasteiger partial charge is 0.463 e. The highest BCUT2D eigenvalue weighted by atomic mass is 35.5. The van der Waals surface area contributed by atoms with Gasteiger partial charge in [0.2, 0.25) is 0 Å². The van der Waals surface area contributed by atoms with Crippen LogP contribution in [0.15, 0.2) is 0 Å². The third-order valence-corrected chi connectivity index (χ3v) is 4.39. The summed E-state index contributed by atoms with van der Waals surface area (Å²) in [6.45, 7) is 2.65. The van der Waals surface area contributed by atoms with Crippen molar-refractivity contribution < 1.29 is 9.47 Å². The van der Waals surface area contributed by atoms with Crippen LogP contribution in [-0.2, 0) is 29.0 Å². The first-order valence-corrected chi connectivity index (χ1v) is 8.85. The highest BCUT2D eigenvalue weighted by Gasteiger charge is 2.27. The predicted molar refractivity (Wildman–Crippen MR) is 86.3 cm³/mol. The summed E-state index contributed by atoms with van der Waals surface area (Å²) in [6, 6.07) is 0. The van der Waals surface area contributed by atoms with E-state index in [0.717, 1.165) is 41.1 Å². The van der Waals surface area contributed by atoms with Crippen LogP contribution in [0.25, 0.3) is 0 Å². The molecular weight excluding hydrogens is 333 g/mol. The highest BCUT2D eigenvalue weighted by molar-refractivity contribution is 6.19. The minimum absolute atomic E-state index is 0.224. The van der Waals surface area contributed by atoms with E-state index in [4.69, 9.17) is 44.3 Å². The first kappa shape index (κ1) is 17.1. The summed E-state index contributed by atoms with van der Waals surface area (Å²) in [6.07, 6.45) is 4.09. The molecule has 6 heteroatoms. The van der Waals surface area contributed by atoms with Crippen LogP contribution in [0.5, 0.6) is 5.75 Å². The summed E-state index contributed by atoms with van der Waals surface area (Å²) in [7, 11) is 0. The van der Waals surface area contributed by atoms with Gasteiger partial charge >= 0.3 is 0 Å². The lowest BCUT2D eigenvalue weighted by Crippen LogP contribution is -2.27. The summed E-state index contributed by atoms with van der Waals surface area (Å²) in [5.41, 5.74) is 3.33. The minimum Gasteiger partial charge on any atom is -0.463 e. The Hall–Kier alpha value is -0.220. The predicted octanol–water partition coefficient (Wildman–Crippen LogP) is 5.11. The van der Waals surface area contributed by atoms with E-state index in [9.17, 15) is 0 Å². The minimum atomic E-state index is -0.224. The molecule has 3 nitrogen and oxygen atoms in total. The molecule has 0 amide bonds. The summed E-state index contributed by atoms with van der Waals surface area (Å²) in [4.78, 5) is 4.50. The lowest BCUT2D eigenvalue weighted by Gasteiger charge is -2.29. The van der Waals surface area contributed by atoms with Crippen molar-refractivity contribution in [1.82, 2.24) is 4.98 Å². The fourth-order valence-electron chi connectivity index (χ4n) is 2.46. The van der Waals surface area contributed by atoms with Gasteiger partial charge in [0, 0.05) is 17.9 Å². The molecule has 118 valence electrons. The molecule has 2 rings (SSSR count). The number of hydrogen-bond donors (Lipinski definition) is 0. The van der Waals surface area contributed by atoms with E-state index in [2.05, 4.69) is 11.9 Å². The first-order valence-electron chi connectivity index (χ1n) is 7.24. The first-order chi connectivity index (χ1) is 10.2. The molecule has 0 spiro atoms. The Balaban J connectivity index is 2.25. The molecule has 1 aromatic rings. The third kappa shape index (κ3) is 3.95. The van der Waals surface area contributed by atoms with Crippen LogP contribution in [0.2, 0.25) is 0 Å². The molecule has 0 radical (unpaired) electrons. The molecular formula is C15H20Cl3NO2. The van der Waals surface area contributed by atoms with Crippen LogP contribution in [0.1, 0.15) is 55.1 Å². The van der Waals surface area contributed by atoms with Gasteiger partial charge in [0.15, 0.2) is 12.0 Å². The molecule has 1 atom stereocenters. The number of hydrogen-bond acceptors (Lipinski definition) is 3. The number of halogens is 3. The van der Waals surface area contributed by atoms with Gasteiger partial charge in [-0.1, -0.05) is 19.8 Å². The Morgan fingerprint density at radius 2 is 1.86 bits per heavy atom. The van der Waals surface area contributed by atoms with Crippen LogP contribution in [0.3, 0.4) is 0 Å². The molecule has 0 saturated heterocycles. The fraction of sp³-hybridized carbons (Fsp3) is 0.667. The maximum atomic E-state index is 6.04. The van der Waals surface area contributed by atoms with Crippen LogP contribution in [0.4, 0.5) is 0 Å². The standard InChI is InChI=1S/C15H20Cl3NO2/c1-2-3-4-5-14-20-9-11-10(6-16)12(7-17)19-13(8-18)15(11)21-14/h14H,2-9H2,1H3. The molecule has 0 aliphatic carbocycles. The number of ether oxygens (including phenoxy) is 2. The number of unbranched alkanes of at least 4 members (excludes halogenated alkanes) is 2. The Labute approximate surface area is 140 Å². The van der Waals surface area contributed by atoms with Gasteiger partial charge in [-0.05, 0) is 12.0 Å². The van der Waals surface area contributed by atoms with Gasteiger partial charge < -0.3 is 9.47 Å². The summed E-state index contributed by atoms with van der Waals surface area (Å²) >= 11 is 18.0. The Morgan fingerprint density at radius 1 is 1.10 bits per heavy atom. The van der Waals surface area contributed by atoms with Gasteiger partial charge in [0.25, 0.3) is 0 Å². The van der Waals surface area contributed by atoms with Crippen molar-refractivity contribution in [2.45, 2.75) is 63.1 Å². The lowest BCUT2D eigenvalue weighted by atomic mass is 10.0. The van der Waals surface area contributed by atoms with E-state index in [0.29, 0.717) is 18.4 Å². The maximum absolute atomic E-state index is 6.04. The van der Waals surface area contributed by atoms with E-state index in [-0.39, 0.29) is 12.2 Å². The van der Waals surface area contributed by atoms with Crippen LogP contribution in [0, 0.1) is 0 Å². The number of fused-ring (bicyclic) bond motifs is 1. The summed E-state index contributed by atoms with van der Waals surface area (Å²) < 4.78 is 11.8. The molecule has 1 aliphatic heterocycles. The van der Waals surface area contributed by atoms with E-state index < -0.39 is 0 Å². The second-order valence-electron chi connectivity index (χ2n) is 5.05. The zero-order valence-electron chi connectivity index (χ0n) is 12.1. The van der Waals surface area contributed by atoms with Crippen molar-refractivity contribution in [3.63, 3.8) is 0 Å². The van der Waals surface area contributed by atoms with Crippen molar-refractivity contribution >= 4 is 34.8 Å². The van der Waals surface area contributed by atoms with Gasteiger partial charge in [-0.3, -0.25) is 4.98 Å². The molecule has 0 aromatic carbocycles. The van der Waals surface area contributed by atoms with E-state index in [1.165, 1.54) is 12.8 Å². The van der Waals surface area contributed by atoms with Gasteiger partial charge in [-0.15, -0.1) is 34.8 Å². The van der Waals surface area contributed by atoms with Crippen molar-refractivity contribution in [1.29, 1.82) is 0 Å². The van der Waals surface area contributed by atoms with Crippen molar-refractivity contribution in [2.24, 2.45) is 0 Å². The number of rotatable bonds is 7. The second-order valence-corrected chi connectivity index (χ2v) is 5.85. The Bertz CT molecular complexity index is 482. The molecule has 1 unspecified atom stereocenters. The molecule has 1 aromatic heterocycles. The van der Waals surface area contributed by atoms with E-state index >= 15 is 0 Å². The lowest BCUT2D eigenvalue weighted by molar-refractivity contribution is -0.113. The van der Waals surface area contributed by atoms with Crippen LogP contribution >= 0.6 is 34.8 Å². The van der Waals surface area contributed by atoms with Crippen molar-refractivity contribution in [2.75, 3.05) is 0 Å². The number of pyridine rings is 1. The van der Waals surface area contributed by atoms with Gasteiger partial charge in [-0.2, -0.15) is 0 Å². The topological polar surface area (TPSA) is 31.4 Å². The monoisotopic (exact) mass is 351 g/mol. The van der Waals surface area contributed by atoms with Gasteiger partial charge in [0.1, 0.15) is 0 Å². The molecule has 0 saturated carbocycles. The Kier molecular flexibility index (Phi) is 6.87. The van der Waals surface area contributed by atoms with Gasteiger partial charge in [-0.25, -0.2) is 0 Å². The quantitative estimate of drug-likeness (QED) is 0.504. The zero-order valence-corrected chi connectivity index (χ0v) is 14.4. The maximum Gasteiger partial charge on any atom is 0.200 e. The number of aromatic nitrogens is 1. The van der Waals surface area contributed by atoms with E-state index in [1.807, 2.05) is 0 Å². The average Bonchev–Trinajstić information content (AvgIpc) is 2.53. The zero-order chi connectivity index (χ0) is 15.2. The van der Waals surface area contributed by atoms with Crippen LogP contribution in [-0.4, -0.2) is 11.3 Å². The van der Waals surface area contributed by atoms with Crippen LogP contribution < -0.4 is 4.74 Å². The number of nitrogens with zero attached hydrogens (tertiary/aromatic N) is 1. The SMILES string of the molecule is CCCCCC1OCc2c(CCl)c(CCl)nc(CCl)c2O1. The number of alkyl halides is 3. The molecule has 0 N–H and O–H groups in total.